The molecule has 1 atom stereocenters. The van der Waals surface area contributed by atoms with Gasteiger partial charge in [-0.05, 0) is 41.1 Å². The lowest BCUT2D eigenvalue weighted by Gasteiger charge is -2.18. The van der Waals surface area contributed by atoms with Crippen molar-refractivity contribution in [2.45, 2.75) is 32.2 Å². The zero-order valence-corrected chi connectivity index (χ0v) is 16.7. The largest absolute Gasteiger partial charge is 0.339 e. The van der Waals surface area contributed by atoms with Crippen molar-refractivity contribution in [3.63, 3.8) is 0 Å². The second-order valence-corrected chi connectivity index (χ2v) is 7.58. The number of aryl methyl sites for hydroxylation is 1. The fourth-order valence-electron chi connectivity index (χ4n) is 2.97. The molecule has 2 N–H and O–H groups in total. The van der Waals surface area contributed by atoms with E-state index in [1.54, 1.807) is 6.07 Å². The van der Waals surface area contributed by atoms with E-state index in [1.165, 1.54) is 16.9 Å². The first-order valence-corrected chi connectivity index (χ1v) is 10.3. The number of hydrogen-bond acceptors (Lipinski definition) is 3. The van der Waals surface area contributed by atoms with Gasteiger partial charge in [-0.1, -0.05) is 61.9 Å². The van der Waals surface area contributed by atoms with Crippen molar-refractivity contribution in [1.82, 2.24) is 5.32 Å². The van der Waals surface area contributed by atoms with Crippen molar-refractivity contribution in [2.24, 2.45) is 0 Å². The molecule has 5 heteroatoms. The molecule has 0 aliphatic carbocycles. The maximum atomic E-state index is 12.9. The van der Waals surface area contributed by atoms with Gasteiger partial charge in [0.15, 0.2) is 0 Å². The zero-order valence-electron chi connectivity index (χ0n) is 15.9. The SMILES string of the molecule is CCCc1ccc(NC(=O)C(Cc2ccccc2)NC(=O)c2cccs2)cc1. The molecule has 0 saturated heterocycles. The topological polar surface area (TPSA) is 58.2 Å². The van der Waals surface area contributed by atoms with Crippen LogP contribution in [0.2, 0.25) is 0 Å². The third kappa shape index (κ3) is 5.54. The molecule has 0 aliphatic heterocycles. The van der Waals surface area contributed by atoms with Crippen LogP contribution >= 0.6 is 11.3 Å². The molecule has 0 saturated carbocycles. The maximum absolute atomic E-state index is 12.9. The summed E-state index contributed by atoms with van der Waals surface area (Å²) in [6.07, 6.45) is 2.53. The van der Waals surface area contributed by atoms with E-state index in [1.807, 2.05) is 66.0 Å². The fraction of sp³-hybridized carbons (Fsp3) is 0.217. The Morgan fingerprint density at radius 2 is 1.68 bits per heavy atom. The summed E-state index contributed by atoms with van der Waals surface area (Å²) in [6.45, 7) is 2.14. The van der Waals surface area contributed by atoms with Gasteiger partial charge in [-0.3, -0.25) is 9.59 Å². The Morgan fingerprint density at radius 3 is 2.32 bits per heavy atom. The minimum Gasteiger partial charge on any atom is -0.339 e. The van der Waals surface area contributed by atoms with Gasteiger partial charge >= 0.3 is 0 Å². The van der Waals surface area contributed by atoms with Crippen molar-refractivity contribution in [1.29, 1.82) is 0 Å². The van der Waals surface area contributed by atoms with Gasteiger partial charge in [-0.25, -0.2) is 0 Å². The van der Waals surface area contributed by atoms with Gasteiger partial charge in [0.2, 0.25) is 5.91 Å². The molecule has 3 aromatic rings. The first-order chi connectivity index (χ1) is 13.7. The lowest BCUT2D eigenvalue weighted by molar-refractivity contribution is -0.118. The van der Waals surface area contributed by atoms with E-state index in [9.17, 15) is 9.59 Å². The number of carbonyl (C=O) groups excluding carboxylic acids is 2. The smallest absolute Gasteiger partial charge is 0.262 e. The number of rotatable bonds is 8. The Balaban J connectivity index is 1.72. The van der Waals surface area contributed by atoms with Gasteiger partial charge in [-0.2, -0.15) is 0 Å². The van der Waals surface area contributed by atoms with Crippen LogP contribution in [0.1, 0.15) is 34.1 Å². The van der Waals surface area contributed by atoms with Gasteiger partial charge in [0.1, 0.15) is 6.04 Å². The third-order valence-electron chi connectivity index (χ3n) is 4.41. The van der Waals surface area contributed by atoms with Crippen molar-refractivity contribution in [3.05, 3.63) is 88.1 Å². The summed E-state index contributed by atoms with van der Waals surface area (Å²) in [5.74, 6) is -0.457. The summed E-state index contributed by atoms with van der Waals surface area (Å²) in [5, 5.41) is 7.66. The fourth-order valence-corrected chi connectivity index (χ4v) is 3.60. The average Bonchev–Trinajstić information content (AvgIpc) is 3.25. The number of thiophene rings is 1. The Bertz CT molecular complexity index is 890. The highest BCUT2D eigenvalue weighted by atomic mass is 32.1. The standard InChI is InChI=1S/C23H24N2O2S/c1-2-7-17-11-13-19(14-12-17)24-22(26)20(16-18-8-4-3-5-9-18)25-23(27)21-10-6-15-28-21/h3-6,8-15,20H,2,7,16H2,1H3,(H,24,26)(H,25,27). The van der Waals surface area contributed by atoms with E-state index in [-0.39, 0.29) is 11.8 Å². The molecule has 3 rings (SSSR count). The van der Waals surface area contributed by atoms with E-state index in [2.05, 4.69) is 17.6 Å². The highest BCUT2D eigenvalue weighted by Gasteiger charge is 2.22. The Labute approximate surface area is 169 Å². The first kappa shape index (κ1) is 19.8. The molecule has 0 spiro atoms. The van der Waals surface area contributed by atoms with Crippen LogP contribution in [0.3, 0.4) is 0 Å². The molecule has 0 fully saturated rings. The second kappa shape index (κ2) is 9.85. The summed E-state index contributed by atoms with van der Waals surface area (Å²) < 4.78 is 0. The Hall–Kier alpha value is -2.92. The van der Waals surface area contributed by atoms with Crippen LogP contribution in [-0.2, 0) is 17.6 Å². The van der Waals surface area contributed by atoms with Crippen LogP contribution in [0.4, 0.5) is 5.69 Å². The maximum Gasteiger partial charge on any atom is 0.262 e. The number of carbonyl (C=O) groups is 2. The number of hydrogen-bond donors (Lipinski definition) is 2. The quantitative estimate of drug-likeness (QED) is 0.585. The highest BCUT2D eigenvalue weighted by molar-refractivity contribution is 7.12. The van der Waals surface area contributed by atoms with Gasteiger partial charge < -0.3 is 10.6 Å². The van der Waals surface area contributed by atoms with E-state index in [4.69, 9.17) is 0 Å². The van der Waals surface area contributed by atoms with Gasteiger partial charge in [0.05, 0.1) is 4.88 Å². The summed E-state index contributed by atoms with van der Waals surface area (Å²) in [6, 6.07) is 20.5. The summed E-state index contributed by atoms with van der Waals surface area (Å²) in [5.41, 5.74) is 2.97. The molecular formula is C23H24N2O2S. The lowest BCUT2D eigenvalue weighted by Crippen LogP contribution is -2.45. The molecule has 144 valence electrons. The molecule has 0 aliphatic rings. The normalized spacial score (nSPS) is 11.6. The van der Waals surface area contributed by atoms with Gasteiger partial charge in [0.25, 0.3) is 5.91 Å². The van der Waals surface area contributed by atoms with Gasteiger partial charge in [0, 0.05) is 12.1 Å². The average molecular weight is 393 g/mol. The molecule has 2 aromatic carbocycles. The molecule has 1 unspecified atom stereocenters. The van der Waals surface area contributed by atoms with Crippen LogP contribution in [0.25, 0.3) is 0 Å². The molecule has 0 bridgehead atoms. The van der Waals surface area contributed by atoms with Crippen molar-refractivity contribution < 1.29 is 9.59 Å². The monoisotopic (exact) mass is 392 g/mol. The van der Waals surface area contributed by atoms with E-state index < -0.39 is 6.04 Å². The molecule has 4 nitrogen and oxygen atoms in total. The van der Waals surface area contributed by atoms with Gasteiger partial charge in [-0.15, -0.1) is 11.3 Å². The number of anilines is 1. The van der Waals surface area contributed by atoms with Crippen LogP contribution in [0, 0.1) is 0 Å². The van der Waals surface area contributed by atoms with Crippen LogP contribution in [0.15, 0.2) is 72.1 Å². The Kier molecular flexibility index (Phi) is 6.98. The molecule has 1 heterocycles. The van der Waals surface area contributed by atoms with Crippen molar-refractivity contribution in [3.8, 4) is 0 Å². The van der Waals surface area contributed by atoms with Crippen LogP contribution < -0.4 is 10.6 Å². The predicted molar refractivity (Wildman–Crippen MR) is 115 cm³/mol. The molecule has 1 aromatic heterocycles. The minimum atomic E-state index is -0.660. The highest BCUT2D eigenvalue weighted by Crippen LogP contribution is 2.14. The zero-order chi connectivity index (χ0) is 19.8. The molecule has 0 radical (unpaired) electrons. The minimum absolute atomic E-state index is 0.225. The van der Waals surface area contributed by atoms with Crippen molar-refractivity contribution >= 4 is 28.8 Å². The predicted octanol–water partition coefficient (Wildman–Crippen LogP) is 4.68. The van der Waals surface area contributed by atoms with Crippen LogP contribution in [0.5, 0.6) is 0 Å². The molecule has 2 amide bonds. The number of benzene rings is 2. The number of nitrogens with one attached hydrogen (secondary N) is 2. The third-order valence-corrected chi connectivity index (χ3v) is 5.28. The van der Waals surface area contributed by atoms with Crippen molar-refractivity contribution in [2.75, 3.05) is 5.32 Å². The first-order valence-electron chi connectivity index (χ1n) is 9.44. The Morgan fingerprint density at radius 1 is 0.929 bits per heavy atom. The van der Waals surface area contributed by atoms with E-state index in [0.717, 1.165) is 24.1 Å². The molecule has 28 heavy (non-hydrogen) atoms. The lowest BCUT2D eigenvalue weighted by atomic mass is 10.0. The summed E-state index contributed by atoms with van der Waals surface area (Å²) in [7, 11) is 0. The van der Waals surface area contributed by atoms with E-state index in [0.29, 0.717) is 11.3 Å². The number of amides is 2. The van der Waals surface area contributed by atoms with E-state index >= 15 is 0 Å². The van der Waals surface area contributed by atoms with Crippen LogP contribution in [-0.4, -0.2) is 17.9 Å². The second-order valence-electron chi connectivity index (χ2n) is 6.63. The molecular weight excluding hydrogens is 368 g/mol. The summed E-state index contributed by atoms with van der Waals surface area (Å²) >= 11 is 1.36. The summed E-state index contributed by atoms with van der Waals surface area (Å²) in [4.78, 5) is 26.0.